The quantitative estimate of drug-likeness (QED) is 0.841. The van der Waals surface area contributed by atoms with E-state index < -0.39 is 0 Å². The fourth-order valence-corrected chi connectivity index (χ4v) is 4.06. The first-order valence-corrected chi connectivity index (χ1v) is 9.22. The summed E-state index contributed by atoms with van der Waals surface area (Å²) in [6.45, 7) is 5.50. The highest BCUT2D eigenvalue weighted by atomic mass is 16.2. The molecule has 26 heavy (non-hydrogen) atoms. The molecule has 134 valence electrons. The fraction of sp³-hybridized carbons (Fsp3) is 0.333. The number of para-hydroxylation sites is 2. The monoisotopic (exact) mass is 350 g/mol. The van der Waals surface area contributed by atoms with E-state index in [1.807, 2.05) is 49.4 Å². The van der Waals surface area contributed by atoms with Crippen molar-refractivity contribution in [3.63, 3.8) is 0 Å². The first-order valence-electron chi connectivity index (χ1n) is 9.22. The number of nitrogens with one attached hydrogen (secondary N) is 1. The van der Waals surface area contributed by atoms with Gasteiger partial charge in [-0.25, -0.2) is 4.90 Å². The molecule has 5 heteroatoms. The predicted octanol–water partition coefficient (Wildman–Crippen LogP) is 1.03. The highest BCUT2D eigenvalue weighted by Gasteiger charge is 2.46. The van der Waals surface area contributed by atoms with E-state index in [-0.39, 0.29) is 17.9 Å². The second-order valence-corrected chi connectivity index (χ2v) is 7.09. The second kappa shape index (κ2) is 6.92. The van der Waals surface area contributed by atoms with Gasteiger partial charge in [-0.15, -0.1) is 0 Å². The van der Waals surface area contributed by atoms with Crippen LogP contribution in [0.25, 0.3) is 0 Å². The van der Waals surface area contributed by atoms with E-state index in [1.165, 1.54) is 15.5 Å². The Balaban J connectivity index is 1.46. The van der Waals surface area contributed by atoms with E-state index in [0.717, 1.165) is 37.4 Å². The number of amides is 2. The smallest absolute Gasteiger partial charge is 0.292 e. The molecule has 2 fully saturated rings. The Kier molecular flexibility index (Phi) is 4.47. The van der Waals surface area contributed by atoms with Crippen LogP contribution in [0.15, 0.2) is 54.6 Å². The molecule has 2 amide bonds. The molecule has 2 aliphatic heterocycles. The van der Waals surface area contributed by atoms with Crippen molar-refractivity contribution in [2.45, 2.75) is 19.4 Å². The molecule has 0 aliphatic carbocycles. The normalized spacial score (nSPS) is 21.5. The van der Waals surface area contributed by atoms with Crippen molar-refractivity contribution in [3.8, 4) is 0 Å². The Bertz CT molecular complexity index is 813. The maximum atomic E-state index is 13.0. The van der Waals surface area contributed by atoms with E-state index in [0.29, 0.717) is 6.42 Å². The number of carbonyl (C=O) groups excluding carboxylic acids is 2. The summed E-state index contributed by atoms with van der Waals surface area (Å²) in [7, 11) is 0. The lowest BCUT2D eigenvalue weighted by atomic mass is 10.1. The summed E-state index contributed by atoms with van der Waals surface area (Å²) < 4.78 is 0. The zero-order valence-electron chi connectivity index (χ0n) is 15.0. The molecule has 0 unspecified atom stereocenters. The highest BCUT2D eigenvalue weighted by molar-refractivity contribution is 6.22. The second-order valence-electron chi connectivity index (χ2n) is 7.09. The molecule has 2 aliphatic rings. The third kappa shape index (κ3) is 2.99. The van der Waals surface area contributed by atoms with E-state index in [1.54, 1.807) is 0 Å². The van der Waals surface area contributed by atoms with Crippen molar-refractivity contribution in [2.75, 3.05) is 36.0 Å². The summed E-state index contributed by atoms with van der Waals surface area (Å²) in [6, 6.07) is 17.7. The molecule has 1 atom stereocenters. The minimum absolute atomic E-state index is 0.0486. The van der Waals surface area contributed by atoms with Crippen molar-refractivity contribution >= 4 is 23.2 Å². The van der Waals surface area contributed by atoms with Gasteiger partial charge in [0.1, 0.15) is 0 Å². The number of rotatable bonds is 3. The highest BCUT2D eigenvalue weighted by Crippen LogP contribution is 2.25. The van der Waals surface area contributed by atoms with E-state index in [2.05, 4.69) is 17.0 Å². The van der Waals surface area contributed by atoms with Crippen LogP contribution in [0.1, 0.15) is 12.0 Å². The number of hydrogen-bond donors (Lipinski definition) is 1. The molecule has 2 heterocycles. The van der Waals surface area contributed by atoms with Gasteiger partial charge in [-0.3, -0.25) is 9.59 Å². The molecule has 2 saturated heterocycles. The van der Waals surface area contributed by atoms with Crippen LogP contribution in [0.2, 0.25) is 0 Å². The number of hydrogen-bond acceptors (Lipinski definition) is 3. The molecule has 0 aromatic heterocycles. The van der Waals surface area contributed by atoms with Crippen LogP contribution in [0, 0.1) is 6.92 Å². The lowest BCUT2D eigenvalue weighted by Gasteiger charge is -2.35. The number of imide groups is 1. The maximum Gasteiger partial charge on any atom is 0.292 e. The van der Waals surface area contributed by atoms with E-state index >= 15 is 0 Å². The van der Waals surface area contributed by atoms with Gasteiger partial charge in [-0.1, -0.05) is 36.4 Å². The van der Waals surface area contributed by atoms with Gasteiger partial charge in [0.25, 0.3) is 5.91 Å². The lowest BCUT2D eigenvalue weighted by molar-refractivity contribution is -0.915. The third-order valence-corrected chi connectivity index (χ3v) is 5.52. The third-order valence-electron chi connectivity index (χ3n) is 5.52. The van der Waals surface area contributed by atoms with Gasteiger partial charge in [0.2, 0.25) is 5.91 Å². The molecule has 5 nitrogen and oxygen atoms in total. The summed E-state index contributed by atoms with van der Waals surface area (Å²) in [5.41, 5.74) is 2.91. The zero-order valence-corrected chi connectivity index (χ0v) is 15.0. The molecular weight excluding hydrogens is 326 g/mol. The lowest BCUT2D eigenvalue weighted by Crippen LogP contribution is -3.19. The first kappa shape index (κ1) is 16.8. The zero-order chi connectivity index (χ0) is 18.1. The van der Waals surface area contributed by atoms with Gasteiger partial charge in [-0.05, 0) is 30.7 Å². The standard InChI is InChI=1S/C21H23N3O2/c1-16-7-5-6-10-18(16)24-20(25)15-19(21(24)26)23-13-11-22(12-14-23)17-8-3-2-4-9-17/h2-10,19H,11-15H2,1H3/p+1/t19-/m0/s1. The van der Waals surface area contributed by atoms with Crippen molar-refractivity contribution in [2.24, 2.45) is 0 Å². The molecule has 0 saturated carbocycles. The van der Waals surface area contributed by atoms with Crippen LogP contribution in [0.5, 0.6) is 0 Å². The Morgan fingerprint density at radius 1 is 0.923 bits per heavy atom. The SMILES string of the molecule is Cc1ccccc1N1C(=O)C[C@H]([NH+]2CCN(c3ccccc3)CC2)C1=O. The summed E-state index contributed by atoms with van der Waals surface area (Å²) >= 11 is 0. The minimum Gasteiger partial charge on any atom is -0.360 e. The molecule has 0 bridgehead atoms. The Hall–Kier alpha value is -2.66. The number of carbonyl (C=O) groups is 2. The fourth-order valence-electron chi connectivity index (χ4n) is 4.06. The van der Waals surface area contributed by atoms with E-state index in [4.69, 9.17) is 0 Å². The molecular formula is C21H24N3O2+. The van der Waals surface area contributed by atoms with Crippen molar-refractivity contribution < 1.29 is 14.5 Å². The molecule has 2 aromatic carbocycles. The van der Waals surface area contributed by atoms with Gasteiger partial charge >= 0.3 is 0 Å². The van der Waals surface area contributed by atoms with Crippen LogP contribution in [-0.2, 0) is 9.59 Å². The first-order chi connectivity index (χ1) is 12.6. The van der Waals surface area contributed by atoms with Gasteiger partial charge < -0.3 is 9.80 Å². The number of anilines is 2. The summed E-state index contributed by atoms with van der Waals surface area (Å²) in [4.78, 5) is 30.5. The van der Waals surface area contributed by atoms with Crippen LogP contribution in [0.4, 0.5) is 11.4 Å². The van der Waals surface area contributed by atoms with Crippen LogP contribution in [0.3, 0.4) is 0 Å². The molecule has 4 rings (SSSR count). The molecule has 0 radical (unpaired) electrons. The average molecular weight is 350 g/mol. The number of quaternary nitrogens is 1. The average Bonchev–Trinajstić information content (AvgIpc) is 2.97. The van der Waals surface area contributed by atoms with Crippen molar-refractivity contribution in [3.05, 3.63) is 60.2 Å². The summed E-state index contributed by atoms with van der Waals surface area (Å²) in [6.07, 6.45) is 0.313. The van der Waals surface area contributed by atoms with Crippen molar-refractivity contribution in [1.29, 1.82) is 0 Å². The largest absolute Gasteiger partial charge is 0.360 e. The summed E-state index contributed by atoms with van der Waals surface area (Å²) in [5, 5.41) is 0. The number of aryl methyl sites for hydroxylation is 1. The molecule has 1 N–H and O–H groups in total. The van der Waals surface area contributed by atoms with Gasteiger partial charge in [-0.2, -0.15) is 0 Å². The maximum absolute atomic E-state index is 13.0. The predicted molar refractivity (Wildman–Crippen MR) is 101 cm³/mol. The molecule has 0 spiro atoms. The van der Waals surface area contributed by atoms with E-state index in [9.17, 15) is 9.59 Å². The van der Waals surface area contributed by atoms with Crippen LogP contribution < -0.4 is 14.7 Å². The van der Waals surface area contributed by atoms with Crippen molar-refractivity contribution in [1.82, 2.24) is 0 Å². The number of benzene rings is 2. The Labute approximate surface area is 153 Å². The Morgan fingerprint density at radius 3 is 2.27 bits per heavy atom. The van der Waals surface area contributed by atoms with Crippen LogP contribution in [-0.4, -0.2) is 44.0 Å². The minimum atomic E-state index is -0.250. The topological polar surface area (TPSA) is 45.1 Å². The van der Waals surface area contributed by atoms with Gasteiger partial charge in [0.15, 0.2) is 6.04 Å². The number of piperazine rings is 1. The van der Waals surface area contributed by atoms with Gasteiger partial charge in [0.05, 0.1) is 38.3 Å². The van der Waals surface area contributed by atoms with Gasteiger partial charge in [0, 0.05) is 5.69 Å². The molecule has 2 aromatic rings. The summed E-state index contributed by atoms with van der Waals surface area (Å²) in [5.74, 6) is -0.125. The number of nitrogens with zero attached hydrogens (tertiary/aromatic N) is 2. The Morgan fingerprint density at radius 2 is 1.58 bits per heavy atom. The van der Waals surface area contributed by atoms with Crippen LogP contribution >= 0.6 is 0 Å².